The Kier molecular flexibility index (Phi) is 2.64. The van der Waals surface area contributed by atoms with Crippen molar-refractivity contribution in [3.8, 4) is 5.75 Å². The van der Waals surface area contributed by atoms with Crippen molar-refractivity contribution in [3.63, 3.8) is 0 Å². The van der Waals surface area contributed by atoms with E-state index in [1.54, 1.807) is 7.11 Å². The van der Waals surface area contributed by atoms with Crippen LogP contribution in [0.2, 0.25) is 0 Å². The molecule has 0 unspecified atom stereocenters. The summed E-state index contributed by atoms with van der Waals surface area (Å²) >= 11 is 0. The molecule has 1 aromatic heterocycles. The van der Waals surface area contributed by atoms with Gasteiger partial charge < -0.3 is 15.5 Å². The van der Waals surface area contributed by atoms with Crippen molar-refractivity contribution in [3.05, 3.63) is 30.0 Å². The number of methoxy groups -OCH3 is 1. The van der Waals surface area contributed by atoms with Crippen molar-refractivity contribution in [2.45, 2.75) is 19.4 Å². The zero-order chi connectivity index (χ0) is 10.8. The first-order valence-electron chi connectivity index (χ1n) is 5.11. The number of aromatic nitrogens is 1. The molecule has 1 heterocycles. The predicted octanol–water partition coefficient (Wildman–Crippen LogP) is 2.07. The summed E-state index contributed by atoms with van der Waals surface area (Å²) in [5.74, 6) is 0.878. The van der Waals surface area contributed by atoms with Gasteiger partial charge in [0.1, 0.15) is 5.75 Å². The van der Waals surface area contributed by atoms with Gasteiger partial charge in [0.15, 0.2) is 0 Å². The van der Waals surface area contributed by atoms with Crippen LogP contribution in [0.4, 0.5) is 0 Å². The van der Waals surface area contributed by atoms with E-state index in [4.69, 9.17) is 10.5 Å². The molecule has 2 rings (SSSR count). The highest BCUT2D eigenvalue weighted by molar-refractivity contribution is 5.88. The summed E-state index contributed by atoms with van der Waals surface area (Å²) in [4.78, 5) is 3.23. The fraction of sp³-hybridized carbons (Fsp3) is 0.333. The SMILES string of the molecule is COc1cccc2c(C[C@@H](C)N)c[nH]c12. The maximum absolute atomic E-state index is 5.80. The van der Waals surface area contributed by atoms with Crippen LogP contribution in [0.3, 0.4) is 0 Å². The molecule has 3 heteroatoms. The summed E-state index contributed by atoms with van der Waals surface area (Å²) in [7, 11) is 1.68. The van der Waals surface area contributed by atoms with Crippen LogP contribution in [0, 0.1) is 0 Å². The largest absolute Gasteiger partial charge is 0.495 e. The van der Waals surface area contributed by atoms with Gasteiger partial charge in [-0.15, -0.1) is 0 Å². The molecule has 0 bridgehead atoms. The number of benzene rings is 1. The van der Waals surface area contributed by atoms with Crippen molar-refractivity contribution < 1.29 is 4.74 Å². The van der Waals surface area contributed by atoms with E-state index < -0.39 is 0 Å². The summed E-state index contributed by atoms with van der Waals surface area (Å²) in [6.45, 7) is 2.01. The third-order valence-corrected chi connectivity index (χ3v) is 2.52. The van der Waals surface area contributed by atoms with Gasteiger partial charge in [0.05, 0.1) is 12.6 Å². The number of rotatable bonds is 3. The van der Waals surface area contributed by atoms with Crippen molar-refractivity contribution in [1.29, 1.82) is 0 Å². The van der Waals surface area contributed by atoms with E-state index in [0.717, 1.165) is 17.7 Å². The number of nitrogens with one attached hydrogen (secondary N) is 1. The summed E-state index contributed by atoms with van der Waals surface area (Å²) < 4.78 is 5.28. The fourth-order valence-corrected chi connectivity index (χ4v) is 1.87. The molecule has 15 heavy (non-hydrogen) atoms. The Balaban J connectivity index is 2.51. The summed E-state index contributed by atoms with van der Waals surface area (Å²) in [6, 6.07) is 6.22. The normalized spacial score (nSPS) is 13.0. The van der Waals surface area contributed by atoms with E-state index in [-0.39, 0.29) is 6.04 Å². The number of H-pyrrole nitrogens is 1. The predicted molar refractivity (Wildman–Crippen MR) is 62.2 cm³/mol. The molecule has 1 aromatic carbocycles. The zero-order valence-electron chi connectivity index (χ0n) is 9.08. The van der Waals surface area contributed by atoms with Gasteiger partial charge in [-0.1, -0.05) is 12.1 Å². The van der Waals surface area contributed by atoms with Crippen molar-refractivity contribution >= 4 is 10.9 Å². The average Bonchev–Trinajstić information content (AvgIpc) is 2.61. The number of hydrogen-bond donors (Lipinski definition) is 2. The number of aromatic amines is 1. The Morgan fingerprint density at radius 3 is 2.93 bits per heavy atom. The quantitative estimate of drug-likeness (QED) is 0.804. The number of nitrogens with two attached hydrogens (primary N) is 1. The molecule has 0 amide bonds. The molecular weight excluding hydrogens is 188 g/mol. The van der Waals surface area contributed by atoms with Crippen molar-refractivity contribution in [1.82, 2.24) is 4.98 Å². The molecule has 3 nitrogen and oxygen atoms in total. The minimum Gasteiger partial charge on any atom is -0.495 e. The minimum atomic E-state index is 0.176. The van der Waals surface area contributed by atoms with Crippen LogP contribution in [-0.2, 0) is 6.42 Å². The van der Waals surface area contributed by atoms with Crippen LogP contribution in [0.5, 0.6) is 5.75 Å². The number of para-hydroxylation sites is 1. The van der Waals surface area contributed by atoms with Gasteiger partial charge in [-0.2, -0.15) is 0 Å². The number of fused-ring (bicyclic) bond motifs is 1. The Morgan fingerprint density at radius 2 is 2.27 bits per heavy atom. The third-order valence-electron chi connectivity index (χ3n) is 2.52. The van der Waals surface area contributed by atoms with E-state index in [2.05, 4.69) is 11.1 Å². The van der Waals surface area contributed by atoms with E-state index in [1.807, 2.05) is 25.3 Å². The lowest BCUT2D eigenvalue weighted by Gasteiger charge is -2.04. The van der Waals surface area contributed by atoms with Gasteiger partial charge in [-0.05, 0) is 25.0 Å². The maximum Gasteiger partial charge on any atom is 0.142 e. The fourth-order valence-electron chi connectivity index (χ4n) is 1.87. The van der Waals surface area contributed by atoms with Gasteiger partial charge in [0.2, 0.25) is 0 Å². The molecule has 80 valence electrons. The second-order valence-corrected chi connectivity index (χ2v) is 3.88. The van der Waals surface area contributed by atoms with Gasteiger partial charge in [0, 0.05) is 17.6 Å². The Morgan fingerprint density at radius 1 is 1.47 bits per heavy atom. The lowest BCUT2D eigenvalue weighted by atomic mass is 10.1. The standard InChI is InChI=1S/C12H16N2O/c1-8(13)6-9-7-14-12-10(9)4-3-5-11(12)15-2/h3-5,7-8,14H,6,13H2,1-2H3/t8-/m1/s1. The first-order valence-corrected chi connectivity index (χ1v) is 5.11. The molecule has 0 aliphatic carbocycles. The van der Waals surface area contributed by atoms with Crippen LogP contribution >= 0.6 is 0 Å². The van der Waals surface area contributed by atoms with Crippen molar-refractivity contribution in [2.24, 2.45) is 5.73 Å². The molecule has 0 saturated heterocycles. The second kappa shape index (κ2) is 3.95. The Labute approximate surface area is 89.2 Å². The summed E-state index contributed by atoms with van der Waals surface area (Å²) in [5, 5.41) is 1.20. The maximum atomic E-state index is 5.80. The van der Waals surface area contributed by atoms with Crippen LogP contribution in [-0.4, -0.2) is 18.1 Å². The topological polar surface area (TPSA) is 51.0 Å². The molecule has 0 radical (unpaired) electrons. The second-order valence-electron chi connectivity index (χ2n) is 3.88. The molecule has 0 spiro atoms. The zero-order valence-corrected chi connectivity index (χ0v) is 9.08. The van der Waals surface area contributed by atoms with Gasteiger partial charge in [-0.3, -0.25) is 0 Å². The minimum absolute atomic E-state index is 0.176. The first-order chi connectivity index (χ1) is 7.22. The lowest BCUT2D eigenvalue weighted by Crippen LogP contribution is -2.17. The van der Waals surface area contributed by atoms with E-state index >= 15 is 0 Å². The first kappa shape index (κ1) is 10.1. The summed E-state index contributed by atoms with van der Waals surface area (Å²) in [5.41, 5.74) is 8.10. The number of hydrogen-bond acceptors (Lipinski definition) is 2. The molecule has 0 saturated carbocycles. The van der Waals surface area contributed by atoms with Crippen molar-refractivity contribution in [2.75, 3.05) is 7.11 Å². The molecular formula is C12H16N2O. The highest BCUT2D eigenvalue weighted by atomic mass is 16.5. The monoisotopic (exact) mass is 204 g/mol. The van der Waals surface area contributed by atoms with Crippen LogP contribution in [0.25, 0.3) is 10.9 Å². The third kappa shape index (κ3) is 1.83. The molecule has 0 aliphatic rings. The molecule has 0 fully saturated rings. The molecule has 0 aliphatic heterocycles. The van der Waals surface area contributed by atoms with E-state index in [1.165, 1.54) is 10.9 Å². The number of ether oxygens (including phenoxy) is 1. The highest BCUT2D eigenvalue weighted by Crippen LogP contribution is 2.27. The van der Waals surface area contributed by atoms with Crippen LogP contribution in [0.15, 0.2) is 24.4 Å². The molecule has 1 atom stereocenters. The Hall–Kier alpha value is -1.48. The Bertz CT molecular complexity index is 460. The van der Waals surface area contributed by atoms with E-state index in [9.17, 15) is 0 Å². The summed E-state index contributed by atoms with van der Waals surface area (Å²) in [6.07, 6.45) is 2.89. The molecule has 2 aromatic rings. The van der Waals surface area contributed by atoms with Gasteiger partial charge >= 0.3 is 0 Å². The molecule has 3 N–H and O–H groups in total. The van der Waals surface area contributed by atoms with Crippen LogP contribution < -0.4 is 10.5 Å². The van der Waals surface area contributed by atoms with Gasteiger partial charge in [0.25, 0.3) is 0 Å². The van der Waals surface area contributed by atoms with E-state index in [0.29, 0.717) is 0 Å². The lowest BCUT2D eigenvalue weighted by molar-refractivity contribution is 0.419. The highest BCUT2D eigenvalue weighted by Gasteiger charge is 2.08. The smallest absolute Gasteiger partial charge is 0.142 e. The van der Waals surface area contributed by atoms with Gasteiger partial charge in [-0.25, -0.2) is 0 Å². The van der Waals surface area contributed by atoms with Crippen LogP contribution in [0.1, 0.15) is 12.5 Å². The average molecular weight is 204 g/mol.